The molecule has 1 aromatic rings. The standard InChI is InChI=1S/C21H32N2O4S/c1-13(17(24)22-20(3,4)5)27-19(26)15-11-9-10-12-16(15)28-14(2)18(25)23-21(6,7)8/h9-14H,1-8H3,(H,22,24)(H,23,25)/t13-,14+/m0/s1. The minimum absolute atomic E-state index is 0.112. The van der Waals surface area contributed by atoms with Gasteiger partial charge in [0.05, 0.1) is 10.8 Å². The quantitative estimate of drug-likeness (QED) is 0.555. The van der Waals surface area contributed by atoms with Crippen LogP contribution in [0.25, 0.3) is 0 Å². The van der Waals surface area contributed by atoms with E-state index in [4.69, 9.17) is 4.74 Å². The maximum Gasteiger partial charge on any atom is 0.340 e. The van der Waals surface area contributed by atoms with Crippen LogP contribution < -0.4 is 10.6 Å². The molecule has 156 valence electrons. The minimum atomic E-state index is -0.925. The molecule has 0 saturated heterocycles. The number of amides is 2. The van der Waals surface area contributed by atoms with Gasteiger partial charge in [-0.2, -0.15) is 0 Å². The topological polar surface area (TPSA) is 84.5 Å². The molecule has 0 aliphatic rings. The van der Waals surface area contributed by atoms with Crippen LogP contribution in [0.2, 0.25) is 0 Å². The molecule has 0 unspecified atom stereocenters. The predicted molar refractivity (Wildman–Crippen MR) is 112 cm³/mol. The van der Waals surface area contributed by atoms with E-state index in [2.05, 4.69) is 10.6 Å². The van der Waals surface area contributed by atoms with Gasteiger partial charge in [-0.3, -0.25) is 9.59 Å². The average Bonchev–Trinajstić information content (AvgIpc) is 2.51. The van der Waals surface area contributed by atoms with Gasteiger partial charge >= 0.3 is 5.97 Å². The summed E-state index contributed by atoms with van der Waals surface area (Å²) in [7, 11) is 0. The summed E-state index contributed by atoms with van der Waals surface area (Å²) in [4.78, 5) is 37.7. The van der Waals surface area contributed by atoms with E-state index in [1.807, 2.05) is 41.5 Å². The number of rotatable bonds is 6. The summed E-state index contributed by atoms with van der Waals surface area (Å²) in [5.41, 5.74) is -0.417. The molecule has 0 fully saturated rings. The monoisotopic (exact) mass is 408 g/mol. The molecule has 7 heteroatoms. The summed E-state index contributed by atoms with van der Waals surface area (Å²) in [5.74, 6) is -1.06. The van der Waals surface area contributed by atoms with Crippen molar-refractivity contribution >= 4 is 29.5 Å². The Balaban J connectivity index is 2.86. The normalized spacial score (nSPS) is 14.0. The van der Waals surface area contributed by atoms with Crippen molar-refractivity contribution < 1.29 is 19.1 Å². The third kappa shape index (κ3) is 8.33. The summed E-state index contributed by atoms with van der Waals surface area (Å²) in [6.07, 6.45) is -0.925. The molecule has 2 N–H and O–H groups in total. The van der Waals surface area contributed by atoms with E-state index < -0.39 is 22.9 Å². The Labute approximate surface area is 172 Å². The Morgan fingerprint density at radius 1 is 0.893 bits per heavy atom. The maximum absolute atomic E-state index is 12.6. The van der Waals surface area contributed by atoms with Crippen molar-refractivity contribution in [2.24, 2.45) is 0 Å². The number of carbonyl (C=O) groups is 3. The smallest absolute Gasteiger partial charge is 0.340 e. The molecule has 1 rings (SSSR count). The Kier molecular flexibility index (Phi) is 8.11. The Hall–Kier alpha value is -2.02. The summed E-state index contributed by atoms with van der Waals surface area (Å²) in [5, 5.41) is 5.32. The molecule has 2 atom stereocenters. The zero-order valence-electron chi connectivity index (χ0n) is 18.0. The van der Waals surface area contributed by atoms with Gasteiger partial charge in [0.25, 0.3) is 5.91 Å². The fourth-order valence-electron chi connectivity index (χ4n) is 2.20. The Bertz CT molecular complexity index is 720. The third-order valence-electron chi connectivity index (χ3n) is 3.43. The summed E-state index contributed by atoms with van der Waals surface area (Å²) >= 11 is 1.28. The fourth-order valence-corrected chi connectivity index (χ4v) is 3.18. The SMILES string of the molecule is C[C@H](OC(=O)c1ccccc1S[C@H](C)C(=O)NC(C)(C)C)C(=O)NC(C)(C)C. The second-order valence-electron chi connectivity index (χ2n) is 8.78. The number of thioether (sulfide) groups is 1. The fraction of sp³-hybridized carbons (Fsp3) is 0.571. The lowest BCUT2D eigenvalue weighted by molar-refractivity contribution is -0.130. The molecular weight excluding hydrogens is 376 g/mol. The highest BCUT2D eigenvalue weighted by Crippen LogP contribution is 2.28. The van der Waals surface area contributed by atoms with Crippen LogP contribution in [0, 0.1) is 0 Å². The summed E-state index contributed by atoms with van der Waals surface area (Å²) < 4.78 is 5.34. The van der Waals surface area contributed by atoms with Crippen LogP contribution in [0.4, 0.5) is 0 Å². The first-order chi connectivity index (χ1) is 12.7. The molecule has 0 spiro atoms. The second kappa shape index (κ2) is 9.45. The number of esters is 1. The van der Waals surface area contributed by atoms with Crippen molar-refractivity contribution in [3.8, 4) is 0 Å². The predicted octanol–water partition coefficient (Wildman–Crippen LogP) is 3.54. The molecule has 6 nitrogen and oxygen atoms in total. The van der Waals surface area contributed by atoms with Crippen molar-refractivity contribution in [1.82, 2.24) is 10.6 Å². The average molecular weight is 409 g/mol. The second-order valence-corrected chi connectivity index (χ2v) is 10.2. The molecule has 0 heterocycles. The lowest BCUT2D eigenvalue weighted by atomic mass is 10.1. The summed E-state index contributed by atoms with van der Waals surface area (Å²) in [6.45, 7) is 14.6. The third-order valence-corrected chi connectivity index (χ3v) is 4.61. The van der Waals surface area contributed by atoms with Gasteiger partial charge in [0, 0.05) is 16.0 Å². The van der Waals surface area contributed by atoms with Crippen molar-refractivity contribution in [3.05, 3.63) is 29.8 Å². The largest absolute Gasteiger partial charge is 0.449 e. The van der Waals surface area contributed by atoms with Crippen LogP contribution in [0.3, 0.4) is 0 Å². The van der Waals surface area contributed by atoms with E-state index >= 15 is 0 Å². The molecule has 0 saturated carbocycles. The van der Waals surface area contributed by atoms with Gasteiger partial charge in [-0.25, -0.2) is 4.79 Å². The molecule has 0 aromatic heterocycles. The van der Waals surface area contributed by atoms with Crippen molar-refractivity contribution in [1.29, 1.82) is 0 Å². The van der Waals surface area contributed by atoms with E-state index in [-0.39, 0.29) is 17.4 Å². The van der Waals surface area contributed by atoms with Crippen LogP contribution in [-0.2, 0) is 14.3 Å². The van der Waals surface area contributed by atoms with Gasteiger partial charge < -0.3 is 15.4 Å². The molecular formula is C21H32N2O4S. The maximum atomic E-state index is 12.6. The Morgan fingerprint density at radius 2 is 1.39 bits per heavy atom. The first-order valence-corrected chi connectivity index (χ1v) is 10.2. The number of hydrogen-bond donors (Lipinski definition) is 2. The van der Waals surface area contributed by atoms with E-state index in [0.29, 0.717) is 10.5 Å². The van der Waals surface area contributed by atoms with Gasteiger partial charge in [0.1, 0.15) is 0 Å². The van der Waals surface area contributed by atoms with E-state index in [9.17, 15) is 14.4 Å². The molecule has 0 bridgehead atoms. The van der Waals surface area contributed by atoms with E-state index in [1.54, 1.807) is 31.2 Å². The van der Waals surface area contributed by atoms with E-state index in [1.165, 1.54) is 18.7 Å². The molecule has 1 aromatic carbocycles. The lowest BCUT2D eigenvalue weighted by Crippen LogP contribution is -2.46. The molecule has 0 aliphatic heterocycles. The zero-order chi connectivity index (χ0) is 21.7. The molecule has 28 heavy (non-hydrogen) atoms. The minimum Gasteiger partial charge on any atom is -0.449 e. The van der Waals surface area contributed by atoms with Crippen LogP contribution in [-0.4, -0.2) is 40.2 Å². The number of hydrogen-bond acceptors (Lipinski definition) is 5. The van der Waals surface area contributed by atoms with Gasteiger partial charge in [-0.05, 0) is 67.5 Å². The number of ether oxygens (including phenoxy) is 1. The lowest BCUT2D eigenvalue weighted by Gasteiger charge is -2.24. The van der Waals surface area contributed by atoms with Crippen LogP contribution in [0.15, 0.2) is 29.2 Å². The van der Waals surface area contributed by atoms with E-state index in [0.717, 1.165) is 0 Å². The molecule has 0 aliphatic carbocycles. The van der Waals surface area contributed by atoms with Crippen LogP contribution in [0.5, 0.6) is 0 Å². The van der Waals surface area contributed by atoms with Gasteiger partial charge in [-0.15, -0.1) is 11.8 Å². The first-order valence-electron chi connectivity index (χ1n) is 9.30. The van der Waals surface area contributed by atoms with Gasteiger partial charge in [-0.1, -0.05) is 12.1 Å². The number of nitrogens with one attached hydrogen (secondary N) is 2. The van der Waals surface area contributed by atoms with Gasteiger partial charge in [0.15, 0.2) is 6.10 Å². The highest BCUT2D eigenvalue weighted by atomic mass is 32.2. The first kappa shape index (κ1) is 24.0. The molecule has 0 radical (unpaired) electrons. The Morgan fingerprint density at radius 3 is 1.93 bits per heavy atom. The number of benzene rings is 1. The van der Waals surface area contributed by atoms with Crippen molar-refractivity contribution in [2.75, 3.05) is 0 Å². The number of carbonyl (C=O) groups excluding carboxylic acids is 3. The van der Waals surface area contributed by atoms with Crippen molar-refractivity contribution in [2.45, 2.75) is 82.7 Å². The van der Waals surface area contributed by atoms with Crippen LogP contribution in [0.1, 0.15) is 65.7 Å². The van der Waals surface area contributed by atoms with Crippen LogP contribution >= 0.6 is 11.8 Å². The van der Waals surface area contributed by atoms with Crippen molar-refractivity contribution in [3.63, 3.8) is 0 Å². The van der Waals surface area contributed by atoms with Gasteiger partial charge in [0.2, 0.25) is 5.91 Å². The highest BCUT2D eigenvalue weighted by molar-refractivity contribution is 8.00. The highest BCUT2D eigenvalue weighted by Gasteiger charge is 2.26. The molecule has 2 amide bonds. The summed E-state index contributed by atoms with van der Waals surface area (Å²) in [6, 6.07) is 6.92. The zero-order valence-corrected chi connectivity index (χ0v) is 18.8.